The van der Waals surface area contributed by atoms with Crippen molar-refractivity contribution in [2.45, 2.75) is 6.42 Å². The Morgan fingerprint density at radius 1 is 1.32 bits per heavy atom. The van der Waals surface area contributed by atoms with Gasteiger partial charge >= 0.3 is 5.69 Å². The molecule has 0 aromatic heterocycles. The van der Waals surface area contributed by atoms with Gasteiger partial charge in [0.05, 0.1) is 15.8 Å². The number of phenolic OH excluding ortho intramolecular Hbond substituents is 1. The number of hydrogen-bond donors (Lipinski definition) is 2. The molecule has 0 aliphatic heterocycles. The highest BCUT2D eigenvalue weighted by Gasteiger charge is 2.15. The van der Waals surface area contributed by atoms with E-state index in [1.165, 1.54) is 24.3 Å². The van der Waals surface area contributed by atoms with E-state index < -0.39 is 28.1 Å². The number of nitro benzene ring substituents is 1. The fourth-order valence-corrected chi connectivity index (χ4v) is 2.21. The van der Waals surface area contributed by atoms with Crippen LogP contribution in [0.4, 0.5) is 15.8 Å². The predicted octanol–water partition coefficient (Wildman–Crippen LogP) is 3.38. The zero-order valence-electron chi connectivity index (χ0n) is 11.0. The molecule has 0 heterocycles. The van der Waals surface area contributed by atoms with Crippen molar-refractivity contribution in [2.75, 3.05) is 5.32 Å². The monoisotopic (exact) mass is 368 g/mol. The van der Waals surface area contributed by atoms with Gasteiger partial charge in [-0.3, -0.25) is 14.9 Å². The maximum atomic E-state index is 13.1. The van der Waals surface area contributed by atoms with Crippen LogP contribution in [-0.4, -0.2) is 15.9 Å². The summed E-state index contributed by atoms with van der Waals surface area (Å²) in [7, 11) is 0. The minimum Gasteiger partial charge on any atom is -0.502 e. The molecule has 114 valence electrons. The van der Waals surface area contributed by atoms with E-state index in [9.17, 15) is 24.4 Å². The van der Waals surface area contributed by atoms with Gasteiger partial charge in [0.25, 0.3) is 0 Å². The van der Waals surface area contributed by atoms with Crippen LogP contribution in [-0.2, 0) is 11.2 Å². The largest absolute Gasteiger partial charge is 0.502 e. The van der Waals surface area contributed by atoms with E-state index in [0.717, 1.165) is 12.1 Å². The maximum absolute atomic E-state index is 13.1. The predicted molar refractivity (Wildman–Crippen MR) is 81.2 cm³/mol. The molecule has 22 heavy (non-hydrogen) atoms. The van der Waals surface area contributed by atoms with E-state index in [2.05, 4.69) is 21.2 Å². The molecule has 0 saturated heterocycles. The summed E-state index contributed by atoms with van der Waals surface area (Å²) < 4.78 is 13.4. The van der Waals surface area contributed by atoms with E-state index in [4.69, 9.17) is 0 Å². The van der Waals surface area contributed by atoms with Gasteiger partial charge in [0, 0.05) is 11.8 Å². The van der Waals surface area contributed by atoms with Crippen LogP contribution in [0.3, 0.4) is 0 Å². The van der Waals surface area contributed by atoms with Crippen LogP contribution in [0, 0.1) is 15.9 Å². The number of rotatable bonds is 4. The molecule has 0 unspecified atom stereocenters. The molecular weight excluding hydrogens is 359 g/mol. The van der Waals surface area contributed by atoms with Crippen molar-refractivity contribution in [1.29, 1.82) is 0 Å². The lowest BCUT2D eigenvalue weighted by molar-refractivity contribution is -0.385. The normalized spacial score (nSPS) is 10.3. The first-order chi connectivity index (χ1) is 10.4. The van der Waals surface area contributed by atoms with Crippen LogP contribution in [0.15, 0.2) is 40.9 Å². The van der Waals surface area contributed by atoms with Crippen molar-refractivity contribution in [3.05, 3.63) is 62.4 Å². The number of nitrogens with zero attached hydrogens (tertiary/aromatic N) is 1. The van der Waals surface area contributed by atoms with Crippen molar-refractivity contribution >= 4 is 33.2 Å². The van der Waals surface area contributed by atoms with E-state index >= 15 is 0 Å². The fraction of sp³-hybridized carbons (Fsp3) is 0.0714. The molecule has 0 fully saturated rings. The number of carbonyl (C=O) groups excluding carboxylic acids is 1. The highest BCUT2D eigenvalue weighted by Crippen LogP contribution is 2.28. The van der Waals surface area contributed by atoms with Gasteiger partial charge in [-0.1, -0.05) is 6.07 Å². The van der Waals surface area contributed by atoms with E-state index in [1.54, 1.807) is 0 Å². The van der Waals surface area contributed by atoms with Crippen LogP contribution in [0.25, 0.3) is 0 Å². The lowest BCUT2D eigenvalue weighted by atomic mass is 10.1. The molecule has 2 N–H and O–H groups in total. The Balaban J connectivity index is 2.10. The molecule has 0 radical (unpaired) electrons. The number of halogens is 2. The second-order valence-corrected chi connectivity index (χ2v) is 5.29. The number of anilines is 1. The standard InChI is InChI=1S/C14H10BrFN2O4/c15-10-5-8(1-3-11(10)16)6-14(20)17-9-2-4-13(19)12(7-9)18(21)22/h1-5,7,19H,6H2,(H,17,20). The number of carbonyl (C=O) groups is 1. The van der Waals surface area contributed by atoms with Gasteiger partial charge in [0.2, 0.25) is 5.91 Å². The summed E-state index contributed by atoms with van der Waals surface area (Å²) in [6.45, 7) is 0. The van der Waals surface area contributed by atoms with Crippen molar-refractivity contribution in [1.82, 2.24) is 0 Å². The van der Waals surface area contributed by atoms with Crippen molar-refractivity contribution < 1.29 is 19.2 Å². The third-order valence-electron chi connectivity index (χ3n) is 2.80. The van der Waals surface area contributed by atoms with Crippen LogP contribution in [0.2, 0.25) is 0 Å². The summed E-state index contributed by atoms with van der Waals surface area (Å²) in [4.78, 5) is 21.9. The Kier molecular flexibility index (Phi) is 4.71. The van der Waals surface area contributed by atoms with E-state index in [0.29, 0.717) is 5.56 Å². The van der Waals surface area contributed by atoms with Crippen LogP contribution in [0.5, 0.6) is 5.75 Å². The van der Waals surface area contributed by atoms with Gasteiger partial charge < -0.3 is 10.4 Å². The first kappa shape index (κ1) is 15.9. The van der Waals surface area contributed by atoms with Gasteiger partial charge in [-0.25, -0.2) is 4.39 Å². The van der Waals surface area contributed by atoms with Gasteiger partial charge in [0.1, 0.15) is 5.82 Å². The third-order valence-corrected chi connectivity index (χ3v) is 3.41. The molecule has 2 rings (SSSR count). The number of benzene rings is 2. The average Bonchev–Trinajstić information content (AvgIpc) is 2.44. The number of hydrogen-bond acceptors (Lipinski definition) is 4. The minimum absolute atomic E-state index is 0.0203. The Labute approximate surface area is 132 Å². The molecule has 1 amide bonds. The summed E-state index contributed by atoms with van der Waals surface area (Å²) in [5.41, 5.74) is 0.275. The van der Waals surface area contributed by atoms with Gasteiger partial charge in [-0.05, 0) is 45.8 Å². The Morgan fingerprint density at radius 3 is 2.68 bits per heavy atom. The van der Waals surface area contributed by atoms with Crippen LogP contribution < -0.4 is 5.32 Å². The number of phenols is 1. The minimum atomic E-state index is -0.748. The number of nitrogens with one attached hydrogen (secondary N) is 1. The quantitative estimate of drug-likeness (QED) is 0.491. The van der Waals surface area contributed by atoms with E-state index in [-0.39, 0.29) is 16.6 Å². The Morgan fingerprint density at radius 2 is 2.05 bits per heavy atom. The number of nitro groups is 1. The van der Waals surface area contributed by atoms with Crippen LogP contribution >= 0.6 is 15.9 Å². The maximum Gasteiger partial charge on any atom is 0.312 e. The molecule has 0 bridgehead atoms. The zero-order valence-corrected chi connectivity index (χ0v) is 12.6. The molecule has 0 aliphatic rings. The van der Waals surface area contributed by atoms with Crippen molar-refractivity contribution in [3.8, 4) is 5.75 Å². The Bertz CT molecular complexity index is 752. The van der Waals surface area contributed by atoms with Gasteiger partial charge in [-0.15, -0.1) is 0 Å². The molecule has 0 spiro atoms. The van der Waals surface area contributed by atoms with Crippen LogP contribution in [0.1, 0.15) is 5.56 Å². The first-order valence-corrected chi connectivity index (χ1v) is 6.87. The molecule has 6 nitrogen and oxygen atoms in total. The molecule has 0 saturated carbocycles. The highest BCUT2D eigenvalue weighted by molar-refractivity contribution is 9.10. The zero-order chi connectivity index (χ0) is 16.3. The summed E-state index contributed by atoms with van der Waals surface area (Å²) in [5, 5.41) is 22.5. The fourth-order valence-electron chi connectivity index (χ4n) is 1.79. The number of aromatic hydroxyl groups is 1. The molecule has 2 aromatic carbocycles. The third kappa shape index (κ3) is 3.79. The van der Waals surface area contributed by atoms with Gasteiger partial charge in [-0.2, -0.15) is 0 Å². The van der Waals surface area contributed by atoms with E-state index in [1.807, 2.05) is 0 Å². The smallest absolute Gasteiger partial charge is 0.312 e. The summed E-state index contributed by atoms with van der Waals surface area (Å²) >= 11 is 3.03. The number of amides is 1. The summed E-state index contributed by atoms with van der Waals surface area (Å²) in [6, 6.07) is 7.72. The van der Waals surface area contributed by atoms with Crippen molar-refractivity contribution in [3.63, 3.8) is 0 Å². The summed E-state index contributed by atoms with van der Waals surface area (Å²) in [6.07, 6.45) is -0.0203. The lowest BCUT2D eigenvalue weighted by Crippen LogP contribution is -2.14. The SMILES string of the molecule is O=C(Cc1ccc(F)c(Br)c1)Nc1ccc(O)c([N+](=O)[O-])c1. The molecule has 8 heteroatoms. The second kappa shape index (κ2) is 6.52. The average molecular weight is 369 g/mol. The molecule has 0 aliphatic carbocycles. The Hall–Kier alpha value is -2.48. The molecular formula is C14H10BrFN2O4. The topological polar surface area (TPSA) is 92.5 Å². The molecule has 2 aromatic rings. The molecule has 0 atom stereocenters. The summed E-state index contributed by atoms with van der Waals surface area (Å²) in [5.74, 6) is -1.33. The van der Waals surface area contributed by atoms with Crippen molar-refractivity contribution in [2.24, 2.45) is 0 Å². The van der Waals surface area contributed by atoms with Gasteiger partial charge in [0.15, 0.2) is 5.75 Å². The second-order valence-electron chi connectivity index (χ2n) is 4.43. The first-order valence-electron chi connectivity index (χ1n) is 6.08. The highest BCUT2D eigenvalue weighted by atomic mass is 79.9. The lowest BCUT2D eigenvalue weighted by Gasteiger charge is -2.06.